The lowest BCUT2D eigenvalue weighted by molar-refractivity contribution is -0.0893. The highest BCUT2D eigenvalue weighted by Gasteiger charge is 2.46. The molecule has 0 spiro atoms. The molecule has 1 aromatic rings. The maximum Gasteiger partial charge on any atom is 0.320 e. The molecule has 2 amide bonds. The predicted molar refractivity (Wildman–Crippen MR) is 87.9 cm³/mol. The summed E-state index contributed by atoms with van der Waals surface area (Å²) in [5.74, 6) is -1.38. The molecule has 3 aliphatic carbocycles. The van der Waals surface area contributed by atoms with E-state index in [1.807, 2.05) is 0 Å². The van der Waals surface area contributed by atoms with Crippen LogP contribution in [0.25, 0.3) is 0 Å². The van der Waals surface area contributed by atoms with E-state index >= 15 is 0 Å². The van der Waals surface area contributed by atoms with Crippen molar-refractivity contribution in [1.82, 2.24) is 15.1 Å². The summed E-state index contributed by atoms with van der Waals surface area (Å²) in [5, 5.41) is 19.6. The molecule has 0 radical (unpaired) electrons. The van der Waals surface area contributed by atoms with Crippen LogP contribution >= 0.6 is 0 Å². The van der Waals surface area contributed by atoms with Crippen LogP contribution in [0.2, 0.25) is 0 Å². The third-order valence-electron chi connectivity index (χ3n) is 5.78. The van der Waals surface area contributed by atoms with Gasteiger partial charge in [0.05, 0.1) is 11.8 Å². The highest BCUT2D eigenvalue weighted by molar-refractivity contribution is 5.89. The number of urea groups is 1. The van der Waals surface area contributed by atoms with E-state index in [9.17, 15) is 18.7 Å². The fraction of sp³-hybridized carbons (Fsp3) is 0.765. The van der Waals surface area contributed by atoms with Crippen LogP contribution in [0.4, 0.5) is 19.4 Å². The molecule has 0 saturated heterocycles. The second-order valence-electron chi connectivity index (χ2n) is 7.78. The van der Waals surface area contributed by atoms with Crippen molar-refractivity contribution in [2.75, 3.05) is 5.32 Å². The number of anilines is 1. The lowest BCUT2D eigenvalue weighted by Crippen LogP contribution is -2.51. The van der Waals surface area contributed by atoms with Gasteiger partial charge in [-0.1, -0.05) is 6.42 Å². The Labute approximate surface area is 145 Å². The number of aliphatic hydroxyl groups is 1. The smallest absolute Gasteiger partial charge is 0.320 e. The Balaban J connectivity index is 1.49. The van der Waals surface area contributed by atoms with Crippen molar-refractivity contribution < 1.29 is 18.7 Å². The highest BCUT2D eigenvalue weighted by Crippen LogP contribution is 2.47. The molecule has 0 atom stereocenters. The fourth-order valence-corrected chi connectivity index (χ4v) is 4.01. The molecule has 0 aliphatic heterocycles. The number of nitrogens with one attached hydrogen (secondary N) is 2. The fourth-order valence-electron chi connectivity index (χ4n) is 4.01. The zero-order valence-corrected chi connectivity index (χ0v) is 14.3. The van der Waals surface area contributed by atoms with E-state index in [0.29, 0.717) is 24.6 Å². The third-order valence-corrected chi connectivity index (χ3v) is 5.78. The van der Waals surface area contributed by atoms with Crippen molar-refractivity contribution >= 4 is 11.8 Å². The number of carbonyl (C=O) groups is 1. The topological polar surface area (TPSA) is 79.2 Å². The first-order chi connectivity index (χ1) is 11.8. The maximum atomic E-state index is 12.9. The van der Waals surface area contributed by atoms with E-state index in [4.69, 9.17) is 0 Å². The van der Waals surface area contributed by atoms with Gasteiger partial charge < -0.3 is 10.4 Å². The molecule has 6 nitrogen and oxygen atoms in total. The largest absolute Gasteiger partial charge is 0.393 e. The Bertz CT molecular complexity index is 672. The molecule has 1 heterocycles. The Hall–Kier alpha value is -1.70. The summed E-state index contributed by atoms with van der Waals surface area (Å²) in [6, 6.07) is -0.930. The van der Waals surface area contributed by atoms with Crippen molar-refractivity contribution in [2.24, 2.45) is 7.05 Å². The summed E-state index contributed by atoms with van der Waals surface area (Å²) >= 11 is 0. The molecule has 0 unspecified atom stereocenters. The van der Waals surface area contributed by atoms with Crippen LogP contribution in [-0.4, -0.2) is 39.0 Å². The molecule has 4 rings (SSSR count). The van der Waals surface area contributed by atoms with Gasteiger partial charge >= 0.3 is 6.03 Å². The first kappa shape index (κ1) is 16.8. The molecule has 3 N–H and O–H groups in total. The first-order valence-electron chi connectivity index (χ1n) is 9.02. The summed E-state index contributed by atoms with van der Waals surface area (Å²) in [5.41, 5.74) is 2.04. The van der Waals surface area contributed by atoms with E-state index in [0.717, 1.165) is 30.5 Å². The summed E-state index contributed by atoms with van der Waals surface area (Å²) in [6.45, 7) is 0. The summed E-state index contributed by atoms with van der Waals surface area (Å²) < 4.78 is 27.5. The van der Waals surface area contributed by atoms with E-state index in [1.54, 1.807) is 11.7 Å². The molecule has 3 saturated carbocycles. The van der Waals surface area contributed by atoms with Gasteiger partial charge in [0.25, 0.3) is 5.92 Å². The van der Waals surface area contributed by atoms with E-state index in [2.05, 4.69) is 15.7 Å². The first-order valence-corrected chi connectivity index (χ1v) is 9.02. The van der Waals surface area contributed by atoms with Crippen LogP contribution in [0, 0.1) is 0 Å². The average Bonchev–Trinajstić information content (AvgIpc) is 2.69. The van der Waals surface area contributed by atoms with Gasteiger partial charge in [0.2, 0.25) is 0 Å². The standard InChI is InChI=1S/C17H24F2N4O2/c1-23-15(21-16(25)20-11-7-17(18,19)8-11)13(9-3-2-4-9)14(22-23)10-5-12(24)6-10/h9-12,24H,2-8H2,1H3,(H2,20,21,25). The van der Waals surface area contributed by atoms with Crippen molar-refractivity contribution in [2.45, 2.75) is 74.8 Å². The van der Waals surface area contributed by atoms with Gasteiger partial charge in [-0.05, 0) is 31.6 Å². The predicted octanol–water partition coefficient (Wildman–Crippen LogP) is 2.85. The summed E-state index contributed by atoms with van der Waals surface area (Å²) in [6.07, 6.45) is 3.85. The third kappa shape index (κ3) is 3.12. The number of halogens is 2. The van der Waals surface area contributed by atoms with Gasteiger partial charge in [-0.2, -0.15) is 5.10 Å². The monoisotopic (exact) mass is 354 g/mol. The molecule has 25 heavy (non-hydrogen) atoms. The minimum atomic E-state index is -2.65. The lowest BCUT2D eigenvalue weighted by Gasteiger charge is -2.35. The van der Waals surface area contributed by atoms with Crippen molar-refractivity contribution in [3.8, 4) is 0 Å². The Morgan fingerprint density at radius 2 is 1.96 bits per heavy atom. The Morgan fingerprint density at radius 1 is 1.28 bits per heavy atom. The van der Waals surface area contributed by atoms with Crippen molar-refractivity contribution in [1.29, 1.82) is 0 Å². The zero-order valence-electron chi connectivity index (χ0n) is 14.3. The van der Waals surface area contributed by atoms with Crippen LogP contribution in [0.3, 0.4) is 0 Å². The number of amides is 2. The lowest BCUT2D eigenvalue weighted by atomic mass is 9.73. The minimum Gasteiger partial charge on any atom is -0.393 e. The average molecular weight is 354 g/mol. The second kappa shape index (κ2) is 5.93. The molecule has 3 aliphatic rings. The molecule has 8 heteroatoms. The highest BCUT2D eigenvalue weighted by atomic mass is 19.3. The number of rotatable bonds is 4. The number of nitrogens with zero attached hydrogens (tertiary/aromatic N) is 2. The van der Waals surface area contributed by atoms with Crippen LogP contribution < -0.4 is 10.6 Å². The number of aromatic nitrogens is 2. The molecule has 0 bridgehead atoms. The number of aryl methyl sites for hydroxylation is 1. The molecular formula is C17H24F2N4O2. The van der Waals surface area contributed by atoms with E-state index in [-0.39, 0.29) is 24.9 Å². The summed E-state index contributed by atoms with van der Waals surface area (Å²) in [4.78, 5) is 12.2. The quantitative estimate of drug-likeness (QED) is 0.778. The maximum absolute atomic E-state index is 12.9. The van der Waals surface area contributed by atoms with Crippen LogP contribution in [0.1, 0.15) is 68.0 Å². The normalized spacial score (nSPS) is 28.6. The Morgan fingerprint density at radius 3 is 2.48 bits per heavy atom. The molecule has 0 aromatic carbocycles. The SMILES string of the molecule is Cn1nc(C2CC(O)C2)c(C2CCC2)c1NC(=O)NC1CC(F)(F)C1. The van der Waals surface area contributed by atoms with Gasteiger partial charge in [-0.15, -0.1) is 0 Å². The van der Waals surface area contributed by atoms with Gasteiger partial charge in [0, 0.05) is 37.4 Å². The van der Waals surface area contributed by atoms with Crippen LogP contribution in [0.15, 0.2) is 0 Å². The number of carbonyl (C=O) groups excluding carboxylic acids is 1. The van der Waals surface area contributed by atoms with Crippen molar-refractivity contribution in [3.05, 3.63) is 11.3 Å². The van der Waals surface area contributed by atoms with Gasteiger partial charge in [-0.3, -0.25) is 10.00 Å². The number of alkyl halides is 2. The van der Waals surface area contributed by atoms with Crippen LogP contribution in [0.5, 0.6) is 0 Å². The van der Waals surface area contributed by atoms with Crippen LogP contribution in [-0.2, 0) is 7.05 Å². The number of aliphatic hydroxyl groups excluding tert-OH is 1. The molecule has 138 valence electrons. The molecule has 3 fully saturated rings. The van der Waals surface area contributed by atoms with Gasteiger partial charge in [0.1, 0.15) is 5.82 Å². The molecule has 1 aromatic heterocycles. The Kier molecular flexibility index (Phi) is 3.97. The zero-order chi connectivity index (χ0) is 17.8. The number of hydrogen-bond donors (Lipinski definition) is 3. The molecular weight excluding hydrogens is 330 g/mol. The van der Waals surface area contributed by atoms with E-state index < -0.39 is 18.0 Å². The summed E-state index contributed by atoms with van der Waals surface area (Å²) in [7, 11) is 1.79. The van der Waals surface area contributed by atoms with Gasteiger partial charge in [0.15, 0.2) is 0 Å². The number of hydrogen-bond acceptors (Lipinski definition) is 3. The van der Waals surface area contributed by atoms with Crippen molar-refractivity contribution in [3.63, 3.8) is 0 Å². The second-order valence-corrected chi connectivity index (χ2v) is 7.78. The van der Waals surface area contributed by atoms with Gasteiger partial charge in [-0.25, -0.2) is 13.6 Å². The van der Waals surface area contributed by atoms with E-state index in [1.165, 1.54) is 0 Å². The minimum absolute atomic E-state index is 0.237.